The van der Waals surface area contributed by atoms with Crippen molar-refractivity contribution in [3.8, 4) is 0 Å². The Labute approximate surface area is 139 Å². The molecule has 0 radical (unpaired) electrons. The molecular weight excluding hydrogens is 315 g/mol. The van der Waals surface area contributed by atoms with Gasteiger partial charge in [-0.15, -0.1) is 11.8 Å². The van der Waals surface area contributed by atoms with Gasteiger partial charge in [-0.2, -0.15) is 0 Å². The van der Waals surface area contributed by atoms with E-state index < -0.39 is 0 Å². The summed E-state index contributed by atoms with van der Waals surface area (Å²) in [5.41, 5.74) is 3.13. The van der Waals surface area contributed by atoms with E-state index in [9.17, 15) is 4.39 Å². The zero-order valence-corrected chi connectivity index (χ0v) is 13.9. The summed E-state index contributed by atoms with van der Waals surface area (Å²) < 4.78 is 13.5. The topological polar surface area (TPSA) is 24.1 Å². The smallest absolute Gasteiger partial charge is 0.171 e. The highest BCUT2D eigenvalue weighted by Crippen LogP contribution is 2.36. The number of aryl methyl sites for hydroxylation is 1. The number of hydrogen-bond donors (Lipinski definition) is 2. The van der Waals surface area contributed by atoms with Gasteiger partial charge in [0.05, 0.1) is 6.04 Å². The zero-order chi connectivity index (χ0) is 15.5. The lowest BCUT2D eigenvalue weighted by molar-refractivity contribution is 0.587. The first-order chi connectivity index (χ1) is 10.6. The van der Waals surface area contributed by atoms with Crippen molar-refractivity contribution in [2.45, 2.75) is 24.3 Å². The molecule has 0 bridgehead atoms. The van der Waals surface area contributed by atoms with Crippen LogP contribution in [0.3, 0.4) is 0 Å². The molecule has 2 aromatic carbocycles. The van der Waals surface area contributed by atoms with Gasteiger partial charge >= 0.3 is 0 Å². The molecule has 1 aliphatic rings. The van der Waals surface area contributed by atoms with Crippen LogP contribution < -0.4 is 10.6 Å². The molecule has 0 aromatic heterocycles. The van der Waals surface area contributed by atoms with Crippen molar-refractivity contribution in [3.63, 3.8) is 0 Å². The van der Waals surface area contributed by atoms with E-state index in [2.05, 4.69) is 10.6 Å². The predicted octanol–water partition coefficient (Wildman–Crippen LogP) is 4.66. The van der Waals surface area contributed by atoms with Crippen LogP contribution in [0.5, 0.6) is 0 Å². The lowest BCUT2D eigenvalue weighted by Crippen LogP contribution is -2.34. The molecule has 0 spiro atoms. The molecule has 2 N–H and O–H groups in total. The first-order valence-electron chi connectivity index (χ1n) is 7.18. The molecule has 0 unspecified atom stereocenters. The Morgan fingerprint density at radius 3 is 2.95 bits per heavy atom. The Balaban J connectivity index is 1.71. The number of hydrogen-bond acceptors (Lipinski definition) is 2. The second-order valence-corrected chi connectivity index (χ2v) is 6.88. The maximum absolute atomic E-state index is 13.5. The molecule has 0 saturated carbocycles. The summed E-state index contributed by atoms with van der Waals surface area (Å²) in [4.78, 5) is 1.13. The van der Waals surface area contributed by atoms with Gasteiger partial charge in [-0.25, -0.2) is 4.39 Å². The van der Waals surface area contributed by atoms with Crippen molar-refractivity contribution in [1.82, 2.24) is 5.32 Å². The second kappa shape index (κ2) is 6.67. The first-order valence-corrected chi connectivity index (χ1v) is 8.57. The minimum absolute atomic E-state index is 0.0526. The van der Waals surface area contributed by atoms with Gasteiger partial charge in [0.25, 0.3) is 0 Å². The molecule has 22 heavy (non-hydrogen) atoms. The van der Waals surface area contributed by atoms with Crippen molar-refractivity contribution >= 4 is 34.8 Å². The third-order valence-electron chi connectivity index (χ3n) is 3.59. The van der Waals surface area contributed by atoms with Crippen molar-refractivity contribution < 1.29 is 4.39 Å². The molecule has 5 heteroatoms. The lowest BCUT2D eigenvalue weighted by atomic mass is 10.0. The summed E-state index contributed by atoms with van der Waals surface area (Å²) in [6.07, 6.45) is 0.927. The summed E-state index contributed by atoms with van der Waals surface area (Å²) >= 11 is 7.16. The van der Waals surface area contributed by atoms with Crippen LogP contribution in [-0.2, 0) is 0 Å². The second-order valence-electron chi connectivity index (χ2n) is 5.34. The van der Waals surface area contributed by atoms with Crippen LogP contribution in [0.2, 0.25) is 0 Å². The van der Waals surface area contributed by atoms with Crippen LogP contribution in [0, 0.1) is 12.7 Å². The molecule has 0 saturated heterocycles. The van der Waals surface area contributed by atoms with E-state index >= 15 is 0 Å². The molecule has 1 atom stereocenters. The summed E-state index contributed by atoms with van der Waals surface area (Å²) in [5.74, 6) is 0.800. The molecule has 3 rings (SSSR count). The van der Waals surface area contributed by atoms with Gasteiger partial charge < -0.3 is 10.6 Å². The number of nitrogens with one attached hydrogen (secondary N) is 2. The summed E-state index contributed by atoms with van der Waals surface area (Å²) in [7, 11) is 0. The Morgan fingerprint density at radius 1 is 1.27 bits per heavy atom. The average molecular weight is 332 g/mol. The van der Waals surface area contributed by atoms with E-state index in [4.69, 9.17) is 12.2 Å². The van der Waals surface area contributed by atoms with Gasteiger partial charge in [0, 0.05) is 16.3 Å². The van der Waals surface area contributed by atoms with Gasteiger partial charge in [-0.3, -0.25) is 0 Å². The molecule has 2 aromatic rings. The van der Waals surface area contributed by atoms with Crippen LogP contribution in [0.25, 0.3) is 0 Å². The monoisotopic (exact) mass is 332 g/mol. The van der Waals surface area contributed by atoms with Crippen LogP contribution in [0.1, 0.15) is 23.6 Å². The van der Waals surface area contributed by atoms with Gasteiger partial charge in [0.2, 0.25) is 0 Å². The highest BCUT2D eigenvalue weighted by Gasteiger charge is 2.21. The summed E-state index contributed by atoms with van der Waals surface area (Å²) in [6, 6.07) is 13.1. The minimum Gasteiger partial charge on any atom is -0.356 e. The Morgan fingerprint density at radius 2 is 2.14 bits per heavy atom. The number of thiocarbonyl (C=S) groups is 1. The Hall–Kier alpha value is -1.59. The SMILES string of the molecule is Cc1cccc(NC(=S)N[C@@H]2CCSc3ccc(F)cc32)c1. The maximum atomic E-state index is 13.5. The van der Waals surface area contributed by atoms with Crippen molar-refractivity contribution in [2.24, 2.45) is 0 Å². The van der Waals surface area contributed by atoms with E-state index in [-0.39, 0.29) is 11.9 Å². The van der Waals surface area contributed by atoms with Crippen LogP contribution in [-0.4, -0.2) is 10.9 Å². The first kappa shape index (κ1) is 15.3. The molecular formula is C17H17FN2S2. The predicted molar refractivity (Wildman–Crippen MR) is 95.0 cm³/mol. The van der Waals surface area contributed by atoms with Crippen molar-refractivity contribution in [1.29, 1.82) is 0 Å². The van der Waals surface area contributed by atoms with E-state index in [1.54, 1.807) is 17.8 Å². The number of anilines is 1. The maximum Gasteiger partial charge on any atom is 0.171 e. The molecule has 1 heterocycles. The number of benzene rings is 2. The Kier molecular flexibility index (Phi) is 4.64. The lowest BCUT2D eigenvalue weighted by Gasteiger charge is -2.27. The standard InChI is InChI=1S/C17H17FN2S2/c1-11-3-2-4-13(9-11)19-17(21)20-15-7-8-22-16-6-5-12(18)10-14(15)16/h2-6,9-10,15H,7-8H2,1H3,(H2,19,20,21)/t15-/m1/s1. The van der Waals surface area contributed by atoms with Gasteiger partial charge in [0.15, 0.2) is 5.11 Å². The number of thioether (sulfide) groups is 1. The van der Waals surface area contributed by atoms with E-state index in [1.807, 2.05) is 37.3 Å². The van der Waals surface area contributed by atoms with Gasteiger partial charge in [0.1, 0.15) is 5.82 Å². The van der Waals surface area contributed by atoms with Crippen LogP contribution >= 0.6 is 24.0 Å². The molecule has 0 amide bonds. The third-order valence-corrected chi connectivity index (χ3v) is 4.94. The number of halogens is 1. The van der Waals surface area contributed by atoms with E-state index in [0.29, 0.717) is 5.11 Å². The molecule has 0 aliphatic carbocycles. The highest BCUT2D eigenvalue weighted by molar-refractivity contribution is 7.99. The van der Waals surface area contributed by atoms with Crippen molar-refractivity contribution in [2.75, 3.05) is 11.1 Å². The zero-order valence-electron chi connectivity index (χ0n) is 12.2. The highest BCUT2D eigenvalue weighted by atomic mass is 32.2. The number of fused-ring (bicyclic) bond motifs is 1. The number of rotatable bonds is 2. The fourth-order valence-corrected chi connectivity index (χ4v) is 3.93. The molecule has 1 aliphatic heterocycles. The quantitative estimate of drug-likeness (QED) is 0.781. The summed E-state index contributed by atoms with van der Waals surface area (Å²) in [5, 5.41) is 7.07. The van der Waals surface area contributed by atoms with Crippen LogP contribution in [0.4, 0.5) is 10.1 Å². The van der Waals surface area contributed by atoms with Gasteiger partial charge in [-0.1, -0.05) is 12.1 Å². The summed E-state index contributed by atoms with van der Waals surface area (Å²) in [6.45, 7) is 2.04. The molecule has 0 fully saturated rings. The molecule has 114 valence electrons. The van der Waals surface area contributed by atoms with E-state index in [0.717, 1.165) is 28.3 Å². The van der Waals surface area contributed by atoms with Crippen molar-refractivity contribution in [3.05, 3.63) is 59.4 Å². The fraction of sp³-hybridized carbons (Fsp3) is 0.235. The third kappa shape index (κ3) is 3.59. The van der Waals surface area contributed by atoms with Crippen LogP contribution in [0.15, 0.2) is 47.4 Å². The minimum atomic E-state index is -0.203. The normalized spacial score (nSPS) is 16.7. The molecule has 2 nitrogen and oxygen atoms in total. The largest absolute Gasteiger partial charge is 0.356 e. The van der Waals surface area contributed by atoms with E-state index in [1.165, 1.54) is 11.6 Å². The fourth-order valence-electron chi connectivity index (χ4n) is 2.56. The van der Waals surface area contributed by atoms with Gasteiger partial charge in [-0.05, 0) is 67.0 Å². The average Bonchev–Trinajstić information content (AvgIpc) is 2.48. The Bertz CT molecular complexity index is 703.